The summed E-state index contributed by atoms with van der Waals surface area (Å²) in [6.07, 6.45) is 1.52. The van der Waals surface area contributed by atoms with E-state index < -0.39 is 22.0 Å². The van der Waals surface area contributed by atoms with Crippen LogP contribution in [0.1, 0.15) is 49.1 Å². The van der Waals surface area contributed by atoms with Gasteiger partial charge in [-0.05, 0) is 43.9 Å². The summed E-state index contributed by atoms with van der Waals surface area (Å²) in [5, 5.41) is 3.84. The molecule has 4 rings (SSSR count). The highest BCUT2D eigenvalue weighted by atomic mass is 32.2. The summed E-state index contributed by atoms with van der Waals surface area (Å²) in [7, 11) is -2.20. The summed E-state index contributed by atoms with van der Waals surface area (Å²) in [6, 6.07) is 23.2. The number of hydrogen-bond donors (Lipinski definition) is 2. The lowest BCUT2D eigenvalue weighted by Gasteiger charge is -2.40. The maximum atomic E-state index is 13.9. The Morgan fingerprint density at radius 2 is 1.59 bits per heavy atom. The molecule has 1 unspecified atom stereocenters. The Bertz CT molecular complexity index is 1720. The van der Waals surface area contributed by atoms with Crippen LogP contribution in [-0.2, 0) is 32.6 Å². The molecule has 3 atom stereocenters. The average Bonchev–Trinajstić information content (AvgIpc) is 3.32. The van der Waals surface area contributed by atoms with Crippen molar-refractivity contribution >= 4 is 27.7 Å². The van der Waals surface area contributed by atoms with Crippen molar-refractivity contribution < 1.29 is 27.0 Å². The van der Waals surface area contributed by atoms with Gasteiger partial charge in [-0.1, -0.05) is 91.8 Å². The summed E-state index contributed by atoms with van der Waals surface area (Å²) in [5.41, 5.74) is 10.2. The molecule has 2 amide bonds. The molecule has 1 heterocycles. The number of carbonyl (C=O) groups excluding carboxylic acids is 2. The standard InChI is InChI=1S/C34H40N4O5S/c1-6-23(2)32(33(35)40)38(5,31(39)21-18-26-12-8-7-9-13-26)22-27-16-19-28(20-17-27)29-14-10-11-15-30(29)44(41,42)37-34-24(3)25(4)36-43-34/h7-17,19-20,23,32H,6,18,21-22H2,1-5H3,(H2-,35,36,37,40)/p+1/t23-,32-,38?/m0/s1. The number of carbonyl (C=O) groups is 2. The topological polar surface area (TPSA) is 132 Å². The Morgan fingerprint density at radius 1 is 0.955 bits per heavy atom. The highest BCUT2D eigenvalue weighted by Gasteiger charge is 2.46. The number of amides is 2. The van der Waals surface area contributed by atoms with E-state index in [2.05, 4.69) is 9.88 Å². The molecule has 0 aliphatic rings. The van der Waals surface area contributed by atoms with E-state index in [1.807, 2.05) is 68.4 Å². The number of nitrogens with zero attached hydrogens (tertiary/aromatic N) is 2. The number of aryl methyl sites for hydroxylation is 2. The first-order valence-electron chi connectivity index (χ1n) is 14.7. The van der Waals surface area contributed by atoms with Crippen LogP contribution < -0.4 is 10.5 Å². The van der Waals surface area contributed by atoms with Crippen LogP contribution in [0.3, 0.4) is 0 Å². The van der Waals surface area contributed by atoms with Crippen LogP contribution in [0, 0.1) is 19.8 Å². The number of likely N-dealkylation sites (N-methyl/N-ethyl adjacent to an activating group) is 1. The van der Waals surface area contributed by atoms with Crippen molar-refractivity contribution in [2.45, 2.75) is 64.4 Å². The van der Waals surface area contributed by atoms with Gasteiger partial charge in [0.15, 0.2) is 6.04 Å². The third kappa shape index (κ3) is 7.09. The molecule has 0 aliphatic heterocycles. The van der Waals surface area contributed by atoms with E-state index >= 15 is 0 Å². The molecule has 0 spiro atoms. The fraction of sp³-hybridized carbons (Fsp3) is 0.324. The molecule has 4 aromatic rings. The zero-order chi connectivity index (χ0) is 32.1. The summed E-state index contributed by atoms with van der Waals surface area (Å²) < 4.78 is 34.3. The largest absolute Gasteiger partial charge is 0.364 e. The maximum absolute atomic E-state index is 13.9. The third-order valence-electron chi connectivity index (χ3n) is 8.47. The lowest BCUT2D eigenvalue weighted by molar-refractivity contribution is -0.868. The lowest BCUT2D eigenvalue weighted by Crippen LogP contribution is -2.62. The number of nitrogens with one attached hydrogen (secondary N) is 1. The fourth-order valence-corrected chi connectivity index (χ4v) is 6.91. The van der Waals surface area contributed by atoms with Crippen molar-refractivity contribution in [1.29, 1.82) is 0 Å². The van der Waals surface area contributed by atoms with E-state index in [0.717, 1.165) is 11.1 Å². The van der Waals surface area contributed by atoms with Crippen LogP contribution >= 0.6 is 0 Å². The number of nitrogens with two attached hydrogens (primary N) is 1. The monoisotopic (exact) mass is 617 g/mol. The smallest absolute Gasteiger partial charge is 0.314 e. The Balaban J connectivity index is 1.64. The van der Waals surface area contributed by atoms with Gasteiger partial charge in [-0.15, -0.1) is 0 Å². The van der Waals surface area contributed by atoms with Gasteiger partial charge in [0.05, 0.1) is 24.1 Å². The fourth-order valence-electron chi connectivity index (χ4n) is 5.64. The molecule has 0 radical (unpaired) electrons. The molecule has 0 saturated heterocycles. The van der Waals surface area contributed by atoms with Crippen LogP contribution in [0.15, 0.2) is 88.3 Å². The summed E-state index contributed by atoms with van der Waals surface area (Å²) >= 11 is 0. The van der Waals surface area contributed by atoms with Gasteiger partial charge < -0.3 is 10.3 Å². The molecule has 10 heteroatoms. The maximum Gasteiger partial charge on any atom is 0.314 e. The summed E-state index contributed by atoms with van der Waals surface area (Å²) in [4.78, 5) is 26.8. The number of hydrogen-bond acceptors (Lipinski definition) is 6. The van der Waals surface area contributed by atoms with Gasteiger partial charge in [-0.2, -0.15) is 0 Å². The van der Waals surface area contributed by atoms with E-state index in [4.69, 9.17) is 10.3 Å². The average molecular weight is 618 g/mol. The van der Waals surface area contributed by atoms with E-state index in [9.17, 15) is 18.0 Å². The molecule has 3 N–H and O–H groups in total. The molecule has 3 aromatic carbocycles. The predicted molar refractivity (Wildman–Crippen MR) is 171 cm³/mol. The van der Waals surface area contributed by atoms with Crippen molar-refractivity contribution in [2.75, 3.05) is 11.8 Å². The SMILES string of the molecule is CC[C@H](C)[C@@H](C(N)=O)[N+](C)(Cc1ccc(-c2ccccc2S(=O)(=O)Nc2onc(C)c2C)cc1)C(=O)CCc1ccccc1. The van der Waals surface area contributed by atoms with Gasteiger partial charge in [0.25, 0.3) is 15.9 Å². The van der Waals surface area contributed by atoms with Gasteiger partial charge in [-0.25, -0.2) is 22.4 Å². The zero-order valence-electron chi connectivity index (χ0n) is 25.9. The molecule has 0 aliphatic carbocycles. The Hall–Kier alpha value is -4.28. The normalized spacial score (nSPS) is 14.4. The minimum absolute atomic E-state index is 0.0671. The first kappa shape index (κ1) is 32.6. The Kier molecular flexibility index (Phi) is 10.1. The predicted octanol–water partition coefficient (Wildman–Crippen LogP) is 5.77. The van der Waals surface area contributed by atoms with Crippen molar-refractivity contribution in [3.05, 3.63) is 101 Å². The number of aromatic nitrogens is 1. The van der Waals surface area contributed by atoms with Crippen molar-refractivity contribution in [3.8, 4) is 11.1 Å². The second-order valence-electron chi connectivity index (χ2n) is 11.6. The van der Waals surface area contributed by atoms with Crippen LogP contribution in [0.25, 0.3) is 11.1 Å². The Labute approximate surface area is 259 Å². The highest BCUT2D eigenvalue weighted by molar-refractivity contribution is 7.92. The molecule has 9 nitrogen and oxygen atoms in total. The van der Waals surface area contributed by atoms with Crippen LogP contribution in [0.2, 0.25) is 0 Å². The second-order valence-corrected chi connectivity index (χ2v) is 13.2. The molecule has 232 valence electrons. The molecule has 0 saturated carbocycles. The van der Waals surface area contributed by atoms with E-state index in [1.165, 1.54) is 6.07 Å². The molecular formula is C34H41N4O5S+. The van der Waals surface area contributed by atoms with Crippen molar-refractivity contribution in [3.63, 3.8) is 0 Å². The number of anilines is 1. The number of rotatable bonds is 13. The van der Waals surface area contributed by atoms with E-state index in [1.54, 1.807) is 39.1 Å². The van der Waals surface area contributed by atoms with E-state index in [-0.39, 0.29) is 40.1 Å². The molecule has 0 bridgehead atoms. The van der Waals surface area contributed by atoms with Gasteiger partial charge >= 0.3 is 5.91 Å². The summed E-state index contributed by atoms with van der Waals surface area (Å²) in [6.45, 7) is 7.67. The first-order valence-corrected chi connectivity index (χ1v) is 16.2. The number of sulfonamides is 1. The van der Waals surface area contributed by atoms with Crippen molar-refractivity contribution in [2.24, 2.45) is 11.7 Å². The van der Waals surface area contributed by atoms with Gasteiger partial charge in [0.2, 0.25) is 5.88 Å². The van der Waals surface area contributed by atoms with Gasteiger partial charge in [0.1, 0.15) is 6.54 Å². The highest BCUT2D eigenvalue weighted by Crippen LogP contribution is 2.32. The number of benzene rings is 3. The Morgan fingerprint density at radius 3 is 2.18 bits per heavy atom. The summed E-state index contributed by atoms with van der Waals surface area (Å²) in [5.74, 6) is -0.608. The quantitative estimate of drug-likeness (QED) is 0.183. The lowest BCUT2D eigenvalue weighted by atomic mass is 9.93. The minimum Gasteiger partial charge on any atom is -0.364 e. The zero-order valence-corrected chi connectivity index (χ0v) is 26.7. The first-order chi connectivity index (χ1) is 20.9. The number of primary amides is 1. The minimum atomic E-state index is -4.00. The van der Waals surface area contributed by atoms with Crippen LogP contribution in [-0.4, -0.2) is 43.0 Å². The molecule has 0 fully saturated rings. The molecule has 1 aromatic heterocycles. The van der Waals surface area contributed by atoms with Gasteiger partial charge in [0, 0.05) is 22.6 Å². The van der Waals surface area contributed by atoms with Crippen molar-refractivity contribution in [1.82, 2.24) is 5.16 Å². The van der Waals surface area contributed by atoms with Crippen LogP contribution in [0.5, 0.6) is 0 Å². The van der Waals surface area contributed by atoms with Gasteiger partial charge in [-0.3, -0.25) is 4.79 Å². The third-order valence-corrected chi connectivity index (χ3v) is 9.85. The van der Waals surface area contributed by atoms with Crippen LogP contribution in [0.4, 0.5) is 5.88 Å². The number of quaternary nitrogens is 1. The molecular weight excluding hydrogens is 576 g/mol. The molecule has 44 heavy (non-hydrogen) atoms. The van der Waals surface area contributed by atoms with E-state index in [0.29, 0.717) is 35.2 Å². The second kappa shape index (κ2) is 13.6.